The van der Waals surface area contributed by atoms with Gasteiger partial charge in [-0.25, -0.2) is 4.98 Å². The molecule has 7 heteroatoms. The molecule has 1 aliphatic rings. The molecule has 0 spiro atoms. The highest BCUT2D eigenvalue weighted by Gasteiger charge is 2.35. The van der Waals surface area contributed by atoms with E-state index < -0.39 is 0 Å². The molecule has 3 aromatic heterocycles. The predicted octanol–water partition coefficient (Wildman–Crippen LogP) is 3.26. The van der Waals surface area contributed by atoms with Crippen LogP contribution in [0.1, 0.15) is 49.1 Å². The monoisotopic (exact) mass is 341 g/mol. The summed E-state index contributed by atoms with van der Waals surface area (Å²) in [6.45, 7) is 4.27. The number of rotatable bonds is 3. The predicted molar refractivity (Wildman–Crippen MR) is 93.8 cm³/mol. The fourth-order valence-corrected chi connectivity index (χ4v) is 4.03. The summed E-state index contributed by atoms with van der Waals surface area (Å²) in [5, 5.41) is 10.5. The van der Waals surface area contributed by atoms with Crippen molar-refractivity contribution < 1.29 is 4.79 Å². The zero-order valence-electron chi connectivity index (χ0n) is 13.9. The van der Waals surface area contributed by atoms with Crippen LogP contribution in [0.3, 0.4) is 0 Å². The van der Waals surface area contributed by atoms with E-state index in [2.05, 4.69) is 39.9 Å². The van der Waals surface area contributed by atoms with Gasteiger partial charge in [0.2, 0.25) is 5.91 Å². The summed E-state index contributed by atoms with van der Waals surface area (Å²) < 4.78 is 3.86. The van der Waals surface area contributed by atoms with Gasteiger partial charge in [0, 0.05) is 48.4 Å². The molecule has 3 aromatic rings. The zero-order chi connectivity index (χ0) is 16.8. The lowest BCUT2D eigenvalue weighted by Crippen LogP contribution is -2.26. The molecule has 4 heterocycles. The van der Waals surface area contributed by atoms with Crippen molar-refractivity contribution in [2.75, 3.05) is 5.32 Å². The number of anilines is 1. The second-order valence-corrected chi connectivity index (χ2v) is 7.22. The maximum absolute atomic E-state index is 12.3. The van der Waals surface area contributed by atoms with Crippen molar-refractivity contribution in [2.45, 2.75) is 32.1 Å². The lowest BCUT2D eigenvalue weighted by Gasteiger charge is -2.25. The largest absolute Gasteiger partial charge is 0.311 e. The number of hydrogen-bond donors (Lipinski definition) is 1. The van der Waals surface area contributed by atoms with Crippen LogP contribution in [0.2, 0.25) is 0 Å². The second kappa shape index (κ2) is 5.59. The SMILES string of the molecule is CC(C)c1nn(C)c2c1C(c1cccn1-c1nccs1)CC(=O)N2. The van der Waals surface area contributed by atoms with Crippen LogP contribution in [0.5, 0.6) is 0 Å². The van der Waals surface area contributed by atoms with Gasteiger partial charge in [0.1, 0.15) is 5.82 Å². The highest BCUT2D eigenvalue weighted by Crippen LogP contribution is 2.41. The Kier molecular flexibility index (Phi) is 3.53. The van der Waals surface area contributed by atoms with Gasteiger partial charge in [0.15, 0.2) is 5.13 Å². The van der Waals surface area contributed by atoms with E-state index in [1.54, 1.807) is 22.2 Å². The Morgan fingerprint density at radius 2 is 2.25 bits per heavy atom. The third-order valence-electron chi connectivity index (χ3n) is 4.42. The molecule has 0 saturated carbocycles. The van der Waals surface area contributed by atoms with Gasteiger partial charge in [0.25, 0.3) is 0 Å². The number of aryl methyl sites for hydroxylation is 1. The molecule has 0 aliphatic carbocycles. The molecule has 0 fully saturated rings. The van der Waals surface area contributed by atoms with Crippen LogP contribution in [0.25, 0.3) is 5.13 Å². The van der Waals surface area contributed by atoms with Crippen LogP contribution in [-0.2, 0) is 11.8 Å². The van der Waals surface area contributed by atoms with E-state index in [0.717, 1.165) is 27.9 Å². The average molecular weight is 341 g/mol. The highest BCUT2D eigenvalue weighted by molar-refractivity contribution is 7.12. The van der Waals surface area contributed by atoms with Crippen LogP contribution < -0.4 is 5.32 Å². The minimum absolute atomic E-state index is 0.0150. The first-order valence-corrected chi connectivity index (χ1v) is 8.88. The first-order valence-electron chi connectivity index (χ1n) is 8.00. The zero-order valence-corrected chi connectivity index (χ0v) is 14.7. The minimum atomic E-state index is -0.0150. The number of hydrogen-bond acceptors (Lipinski definition) is 4. The number of amides is 1. The van der Waals surface area contributed by atoms with Crippen molar-refractivity contribution in [3.63, 3.8) is 0 Å². The Morgan fingerprint density at radius 3 is 2.96 bits per heavy atom. The van der Waals surface area contributed by atoms with Gasteiger partial charge in [-0.05, 0) is 18.1 Å². The number of thiazole rings is 1. The van der Waals surface area contributed by atoms with E-state index in [9.17, 15) is 4.79 Å². The molecule has 0 saturated heterocycles. The summed E-state index contributed by atoms with van der Waals surface area (Å²) in [5.41, 5.74) is 3.25. The number of fused-ring (bicyclic) bond motifs is 1. The Hall–Kier alpha value is -2.41. The average Bonchev–Trinajstić information content (AvgIpc) is 3.25. The number of carbonyl (C=O) groups excluding carboxylic acids is 1. The number of aromatic nitrogens is 4. The van der Waals surface area contributed by atoms with Crippen LogP contribution in [0.4, 0.5) is 5.82 Å². The van der Waals surface area contributed by atoms with Gasteiger partial charge in [-0.2, -0.15) is 5.10 Å². The molecule has 0 aromatic carbocycles. The maximum atomic E-state index is 12.3. The van der Waals surface area contributed by atoms with Crippen molar-refractivity contribution in [1.29, 1.82) is 0 Å². The summed E-state index contributed by atoms with van der Waals surface area (Å²) in [7, 11) is 1.88. The van der Waals surface area contributed by atoms with E-state index in [4.69, 9.17) is 0 Å². The smallest absolute Gasteiger partial charge is 0.226 e. The van der Waals surface area contributed by atoms with Gasteiger partial charge in [-0.1, -0.05) is 13.8 Å². The highest BCUT2D eigenvalue weighted by atomic mass is 32.1. The fraction of sp³-hybridized carbons (Fsp3) is 0.353. The van der Waals surface area contributed by atoms with E-state index in [1.807, 2.05) is 24.7 Å². The minimum Gasteiger partial charge on any atom is -0.311 e. The summed E-state index contributed by atoms with van der Waals surface area (Å²) in [4.78, 5) is 16.7. The van der Waals surface area contributed by atoms with Crippen LogP contribution >= 0.6 is 11.3 Å². The summed E-state index contributed by atoms with van der Waals surface area (Å²) in [6, 6.07) is 4.08. The van der Waals surface area contributed by atoms with Gasteiger partial charge < -0.3 is 5.32 Å². The van der Waals surface area contributed by atoms with Crippen molar-refractivity contribution in [3.8, 4) is 5.13 Å². The fourth-order valence-electron chi connectivity index (χ4n) is 3.39. The molecule has 1 aliphatic heterocycles. The Balaban J connectivity index is 1.90. The Bertz CT molecular complexity index is 890. The molecule has 4 rings (SSSR count). The Morgan fingerprint density at radius 1 is 1.42 bits per heavy atom. The van der Waals surface area contributed by atoms with E-state index in [1.165, 1.54) is 0 Å². The molecule has 124 valence electrons. The van der Waals surface area contributed by atoms with Gasteiger partial charge in [-0.3, -0.25) is 14.0 Å². The molecular weight excluding hydrogens is 322 g/mol. The molecule has 1 unspecified atom stereocenters. The summed E-state index contributed by atoms with van der Waals surface area (Å²) in [5.74, 6) is 1.11. The molecule has 0 bridgehead atoms. The lowest BCUT2D eigenvalue weighted by atomic mass is 9.86. The van der Waals surface area contributed by atoms with E-state index >= 15 is 0 Å². The van der Waals surface area contributed by atoms with Gasteiger partial charge >= 0.3 is 0 Å². The van der Waals surface area contributed by atoms with Crippen LogP contribution in [0, 0.1) is 0 Å². The second-order valence-electron chi connectivity index (χ2n) is 6.35. The maximum Gasteiger partial charge on any atom is 0.226 e. The third-order valence-corrected chi connectivity index (χ3v) is 5.19. The van der Waals surface area contributed by atoms with Crippen molar-refractivity contribution >= 4 is 23.1 Å². The molecule has 6 nitrogen and oxygen atoms in total. The first kappa shape index (κ1) is 15.1. The van der Waals surface area contributed by atoms with Crippen molar-refractivity contribution in [3.05, 3.63) is 46.9 Å². The van der Waals surface area contributed by atoms with Gasteiger partial charge in [0.05, 0.1) is 5.69 Å². The molecule has 0 radical (unpaired) electrons. The normalized spacial score (nSPS) is 17.2. The number of carbonyl (C=O) groups is 1. The van der Waals surface area contributed by atoms with Crippen molar-refractivity contribution in [2.24, 2.45) is 7.05 Å². The molecule has 1 N–H and O–H groups in total. The molecular formula is C17H19N5OS. The molecule has 24 heavy (non-hydrogen) atoms. The van der Waals surface area contributed by atoms with Crippen LogP contribution in [0.15, 0.2) is 29.9 Å². The summed E-state index contributed by atoms with van der Waals surface area (Å²) >= 11 is 1.59. The summed E-state index contributed by atoms with van der Waals surface area (Å²) in [6.07, 6.45) is 4.23. The lowest BCUT2D eigenvalue weighted by molar-refractivity contribution is -0.116. The van der Waals surface area contributed by atoms with E-state index in [-0.39, 0.29) is 11.8 Å². The quantitative estimate of drug-likeness (QED) is 0.795. The van der Waals surface area contributed by atoms with Crippen molar-refractivity contribution in [1.82, 2.24) is 19.3 Å². The molecule has 1 amide bonds. The Labute approximate surface area is 144 Å². The van der Waals surface area contributed by atoms with Gasteiger partial charge in [-0.15, -0.1) is 11.3 Å². The van der Waals surface area contributed by atoms with Crippen LogP contribution in [-0.4, -0.2) is 25.2 Å². The third kappa shape index (κ3) is 2.27. The molecule has 1 atom stereocenters. The standard InChI is InChI=1S/C17H19N5OS/c1-10(2)15-14-11(9-13(23)19-16(14)21(3)20-15)12-5-4-7-22(12)17-18-6-8-24-17/h4-8,10-11H,9H2,1-3H3,(H,19,23). The first-order chi connectivity index (χ1) is 11.6. The number of nitrogens with zero attached hydrogens (tertiary/aromatic N) is 4. The topological polar surface area (TPSA) is 64.7 Å². The number of nitrogens with one attached hydrogen (secondary N) is 1. The van der Waals surface area contributed by atoms with E-state index in [0.29, 0.717) is 12.3 Å².